The maximum Gasteiger partial charge on any atom is 0.165 e. The number of benzene rings is 1. The van der Waals surface area contributed by atoms with E-state index < -0.39 is 0 Å². The number of hydrogen-bond acceptors (Lipinski definition) is 2. The second kappa shape index (κ2) is 4.98. The van der Waals surface area contributed by atoms with E-state index in [9.17, 15) is 4.79 Å². The summed E-state index contributed by atoms with van der Waals surface area (Å²) in [7, 11) is 2.08. The standard InChI is InChI=1S/C13H16ClNO/c1-15(10-6-7-10)9-8-13(16)11-4-2-3-5-12(11)14/h2-5,10H,6-9H2,1H3. The molecule has 1 aliphatic rings. The van der Waals surface area contributed by atoms with Crippen molar-refractivity contribution >= 4 is 17.4 Å². The molecule has 1 aliphatic carbocycles. The van der Waals surface area contributed by atoms with Gasteiger partial charge in [0.2, 0.25) is 0 Å². The summed E-state index contributed by atoms with van der Waals surface area (Å²) in [4.78, 5) is 14.2. The van der Waals surface area contributed by atoms with E-state index >= 15 is 0 Å². The molecule has 0 unspecified atom stereocenters. The molecular weight excluding hydrogens is 222 g/mol. The largest absolute Gasteiger partial charge is 0.303 e. The molecule has 0 saturated heterocycles. The van der Waals surface area contributed by atoms with E-state index in [1.54, 1.807) is 12.1 Å². The van der Waals surface area contributed by atoms with E-state index in [-0.39, 0.29) is 5.78 Å². The van der Waals surface area contributed by atoms with Gasteiger partial charge in [0, 0.05) is 24.6 Å². The second-order valence-electron chi connectivity index (χ2n) is 4.36. The molecule has 2 nitrogen and oxygen atoms in total. The summed E-state index contributed by atoms with van der Waals surface area (Å²) in [6, 6.07) is 7.96. The van der Waals surface area contributed by atoms with Crippen molar-refractivity contribution in [3.63, 3.8) is 0 Å². The predicted octanol–water partition coefficient (Wildman–Crippen LogP) is 3.01. The summed E-state index contributed by atoms with van der Waals surface area (Å²) >= 11 is 5.97. The Hall–Kier alpha value is -0.860. The molecule has 0 heterocycles. The zero-order valence-corrected chi connectivity index (χ0v) is 10.2. The van der Waals surface area contributed by atoms with Crippen LogP contribution in [0.15, 0.2) is 24.3 Å². The lowest BCUT2D eigenvalue weighted by molar-refractivity contribution is 0.0968. The highest BCUT2D eigenvalue weighted by Gasteiger charge is 2.26. The van der Waals surface area contributed by atoms with Crippen molar-refractivity contribution in [2.45, 2.75) is 25.3 Å². The average Bonchev–Trinajstić information content (AvgIpc) is 3.10. The minimum absolute atomic E-state index is 0.137. The van der Waals surface area contributed by atoms with Gasteiger partial charge in [-0.3, -0.25) is 4.79 Å². The smallest absolute Gasteiger partial charge is 0.165 e. The first-order valence-corrected chi connectivity index (χ1v) is 6.04. The van der Waals surface area contributed by atoms with Crippen LogP contribution >= 0.6 is 11.6 Å². The number of carbonyl (C=O) groups excluding carboxylic acids is 1. The van der Waals surface area contributed by atoms with Gasteiger partial charge in [-0.1, -0.05) is 23.7 Å². The Morgan fingerprint density at radius 2 is 2.12 bits per heavy atom. The van der Waals surface area contributed by atoms with Gasteiger partial charge in [-0.2, -0.15) is 0 Å². The molecule has 1 saturated carbocycles. The van der Waals surface area contributed by atoms with Gasteiger partial charge in [-0.15, -0.1) is 0 Å². The Morgan fingerprint density at radius 1 is 1.44 bits per heavy atom. The van der Waals surface area contributed by atoms with Crippen LogP contribution in [0.25, 0.3) is 0 Å². The number of rotatable bonds is 5. The highest BCUT2D eigenvalue weighted by molar-refractivity contribution is 6.33. The van der Waals surface area contributed by atoms with E-state index in [0.717, 1.165) is 6.54 Å². The van der Waals surface area contributed by atoms with Crippen molar-refractivity contribution in [2.75, 3.05) is 13.6 Å². The van der Waals surface area contributed by atoms with Crippen LogP contribution in [0.4, 0.5) is 0 Å². The SMILES string of the molecule is CN(CCC(=O)c1ccccc1Cl)C1CC1. The van der Waals surface area contributed by atoms with Gasteiger partial charge < -0.3 is 4.90 Å². The maximum atomic E-state index is 11.9. The number of carbonyl (C=O) groups is 1. The summed E-state index contributed by atoms with van der Waals surface area (Å²) in [5, 5.41) is 0.557. The zero-order chi connectivity index (χ0) is 11.5. The van der Waals surface area contributed by atoms with Crippen LogP contribution in [0, 0.1) is 0 Å². The van der Waals surface area contributed by atoms with Gasteiger partial charge in [0.25, 0.3) is 0 Å². The predicted molar refractivity (Wildman–Crippen MR) is 66.1 cm³/mol. The zero-order valence-electron chi connectivity index (χ0n) is 9.45. The van der Waals surface area contributed by atoms with Crippen LogP contribution in [0.3, 0.4) is 0 Å². The van der Waals surface area contributed by atoms with Crippen LogP contribution < -0.4 is 0 Å². The molecule has 1 aromatic rings. The molecule has 0 aliphatic heterocycles. The van der Waals surface area contributed by atoms with Crippen LogP contribution in [-0.4, -0.2) is 30.3 Å². The van der Waals surface area contributed by atoms with E-state index in [1.807, 2.05) is 12.1 Å². The second-order valence-corrected chi connectivity index (χ2v) is 4.77. The molecule has 0 spiro atoms. The maximum absolute atomic E-state index is 11.9. The van der Waals surface area contributed by atoms with Crippen molar-refractivity contribution in [2.24, 2.45) is 0 Å². The fourth-order valence-corrected chi connectivity index (χ4v) is 2.04. The van der Waals surface area contributed by atoms with Gasteiger partial charge in [0.1, 0.15) is 0 Å². The van der Waals surface area contributed by atoms with Crippen molar-refractivity contribution in [3.05, 3.63) is 34.9 Å². The van der Waals surface area contributed by atoms with Gasteiger partial charge in [-0.05, 0) is 32.0 Å². The Balaban J connectivity index is 1.90. The third kappa shape index (κ3) is 2.83. The molecule has 0 bridgehead atoms. The number of nitrogens with zero attached hydrogens (tertiary/aromatic N) is 1. The third-order valence-corrected chi connectivity index (χ3v) is 3.37. The van der Waals surface area contributed by atoms with E-state index in [2.05, 4.69) is 11.9 Å². The molecule has 3 heteroatoms. The van der Waals surface area contributed by atoms with Crippen molar-refractivity contribution in [1.29, 1.82) is 0 Å². The van der Waals surface area contributed by atoms with Gasteiger partial charge >= 0.3 is 0 Å². The summed E-state index contributed by atoms with van der Waals surface area (Å²) in [5.74, 6) is 0.137. The topological polar surface area (TPSA) is 20.3 Å². The summed E-state index contributed by atoms with van der Waals surface area (Å²) in [5.41, 5.74) is 0.647. The average molecular weight is 238 g/mol. The van der Waals surface area contributed by atoms with Gasteiger partial charge in [-0.25, -0.2) is 0 Å². The van der Waals surface area contributed by atoms with Crippen LogP contribution in [0.5, 0.6) is 0 Å². The lowest BCUT2D eigenvalue weighted by Gasteiger charge is -2.14. The monoisotopic (exact) mass is 237 g/mol. The molecule has 0 radical (unpaired) electrons. The lowest BCUT2D eigenvalue weighted by atomic mass is 10.1. The molecule has 1 fully saturated rings. The Morgan fingerprint density at radius 3 is 2.75 bits per heavy atom. The number of ketones is 1. The van der Waals surface area contributed by atoms with Crippen LogP contribution in [0.2, 0.25) is 5.02 Å². The highest BCUT2D eigenvalue weighted by atomic mass is 35.5. The van der Waals surface area contributed by atoms with Crippen LogP contribution in [-0.2, 0) is 0 Å². The molecule has 86 valence electrons. The first kappa shape index (κ1) is 11.6. The summed E-state index contributed by atoms with van der Waals surface area (Å²) in [6.45, 7) is 0.828. The van der Waals surface area contributed by atoms with E-state index in [0.29, 0.717) is 23.0 Å². The molecule has 16 heavy (non-hydrogen) atoms. The van der Waals surface area contributed by atoms with Crippen molar-refractivity contribution in [3.8, 4) is 0 Å². The fraction of sp³-hybridized carbons (Fsp3) is 0.462. The summed E-state index contributed by atoms with van der Waals surface area (Å²) in [6.07, 6.45) is 3.10. The minimum Gasteiger partial charge on any atom is -0.303 e. The lowest BCUT2D eigenvalue weighted by Crippen LogP contribution is -2.23. The number of halogens is 1. The Bertz CT molecular complexity index is 387. The Labute approximate surface area is 101 Å². The molecule has 0 aromatic heterocycles. The first-order chi connectivity index (χ1) is 7.68. The number of Topliss-reactive ketones (excluding diaryl/α,β-unsaturated/α-hetero) is 1. The fourth-order valence-electron chi connectivity index (χ4n) is 1.80. The van der Waals surface area contributed by atoms with E-state index in [4.69, 9.17) is 11.6 Å². The minimum atomic E-state index is 0.137. The van der Waals surface area contributed by atoms with Gasteiger partial charge in [0.05, 0.1) is 5.02 Å². The van der Waals surface area contributed by atoms with Crippen molar-refractivity contribution < 1.29 is 4.79 Å². The third-order valence-electron chi connectivity index (χ3n) is 3.04. The van der Waals surface area contributed by atoms with E-state index in [1.165, 1.54) is 12.8 Å². The summed E-state index contributed by atoms with van der Waals surface area (Å²) < 4.78 is 0. The van der Waals surface area contributed by atoms with Crippen LogP contribution in [0.1, 0.15) is 29.6 Å². The van der Waals surface area contributed by atoms with Crippen molar-refractivity contribution in [1.82, 2.24) is 4.90 Å². The molecule has 0 N–H and O–H groups in total. The molecule has 0 amide bonds. The van der Waals surface area contributed by atoms with Gasteiger partial charge in [0.15, 0.2) is 5.78 Å². The first-order valence-electron chi connectivity index (χ1n) is 5.66. The quantitative estimate of drug-likeness (QED) is 0.734. The number of hydrogen-bond donors (Lipinski definition) is 0. The normalized spacial score (nSPS) is 15.4. The molecule has 1 aromatic carbocycles. The highest BCUT2D eigenvalue weighted by Crippen LogP contribution is 2.25. The molecule has 2 rings (SSSR count). The molecular formula is C13H16ClNO. The molecule has 0 atom stereocenters. The Kier molecular flexibility index (Phi) is 3.62.